The van der Waals surface area contributed by atoms with Crippen molar-refractivity contribution < 1.29 is 38.2 Å². The van der Waals surface area contributed by atoms with Crippen LogP contribution in [-0.4, -0.2) is 96.5 Å². The van der Waals surface area contributed by atoms with E-state index in [4.69, 9.17) is 9.47 Å². The number of imide groups is 1. The smallest absolute Gasteiger partial charge is 0.264 e. The van der Waals surface area contributed by atoms with Gasteiger partial charge in [0.15, 0.2) is 5.78 Å². The average Bonchev–Trinajstić information content (AvgIpc) is 3.68. The van der Waals surface area contributed by atoms with Crippen LogP contribution in [0.4, 0.5) is 5.69 Å². The number of benzene rings is 2. The summed E-state index contributed by atoms with van der Waals surface area (Å²) in [6.07, 6.45) is 5.95. The predicted octanol–water partition coefficient (Wildman–Crippen LogP) is 3.69. The maximum absolute atomic E-state index is 13.3. The SMILES string of the molecule is C=C1c2c(ccn2C)C(c2cc(OC)c(CCCC(=O)NCCCNC(=O)CNc3cccc4c3C(=O)N(C3CCC(=O)CC3=O)C4=O)c(OC)c2)=CN1C. The number of Topliss-reactive ketones (excluding diaryl/α,β-unsaturated/α-hetero) is 2. The second kappa shape index (κ2) is 16.5. The first-order valence-corrected chi connectivity index (χ1v) is 18.3. The van der Waals surface area contributed by atoms with Crippen molar-refractivity contribution in [1.29, 1.82) is 0 Å². The van der Waals surface area contributed by atoms with E-state index < -0.39 is 23.6 Å². The van der Waals surface area contributed by atoms with E-state index in [-0.39, 0.29) is 54.5 Å². The van der Waals surface area contributed by atoms with Gasteiger partial charge in [-0.2, -0.15) is 0 Å². The van der Waals surface area contributed by atoms with Crippen LogP contribution >= 0.6 is 0 Å². The lowest BCUT2D eigenvalue weighted by molar-refractivity contribution is -0.132. The molecule has 14 heteroatoms. The first kappa shape index (κ1) is 38.5. The van der Waals surface area contributed by atoms with Crippen molar-refractivity contribution in [3.8, 4) is 11.5 Å². The standard InChI is InChI=1S/C41H46N6O8/c1-24-39-27(15-18-45(39)2)30(23-46(24)3)25-19-34(54-4)28(35(20-25)55-5)9-7-12-36(50)42-16-8-17-43-37(51)22-44-31-11-6-10-29-38(31)41(53)47(40(29)52)32-14-13-26(48)21-33(32)49/h6,10-11,15,18-20,23,32,44H,1,7-9,12-14,16-17,21-22H2,2-5H3,(H,42,50)(H,43,51). The Hall–Kier alpha value is -6.18. The van der Waals surface area contributed by atoms with Gasteiger partial charge in [0.2, 0.25) is 11.8 Å². The Bertz CT molecular complexity index is 2090. The van der Waals surface area contributed by atoms with Crippen LogP contribution < -0.4 is 25.4 Å². The highest BCUT2D eigenvalue weighted by molar-refractivity contribution is 6.25. The average molecular weight is 751 g/mol. The first-order valence-electron chi connectivity index (χ1n) is 18.3. The van der Waals surface area contributed by atoms with Crippen molar-refractivity contribution in [1.82, 2.24) is 25.0 Å². The summed E-state index contributed by atoms with van der Waals surface area (Å²) in [4.78, 5) is 78.7. The van der Waals surface area contributed by atoms with Gasteiger partial charge in [0, 0.05) is 74.8 Å². The Morgan fingerprint density at radius 1 is 0.909 bits per heavy atom. The van der Waals surface area contributed by atoms with Gasteiger partial charge in [-0.15, -0.1) is 0 Å². The third kappa shape index (κ3) is 7.89. The number of anilines is 1. The largest absolute Gasteiger partial charge is 0.496 e. The fourth-order valence-electron chi connectivity index (χ4n) is 7.39. The Morgan fingerprint density at radius 3 is 2.31 bits per heavy atom. The molecular formula is C41H46N6O8. The monoisotopic (exact) mass is 750 g/mol. The van der Waals surface area contributed by atoms with Crippen molar-refractivity contribution in [2.45, 2.75) is 51.0 Å². The Labute approximate surface area is 319 Å². The van der Waals surface area contributed by atoms with Gasteiger partial charge in [-0.3, -0.25) is 33.7 Å². The number of carbonyl (C=O) groups excluding carboxylic acids is 6. The van der Waals surface area contributed by atoms with Gasteiger partial charge in [0.05, 0.1) is 55.7 Å². The molecule has 1 aromatic heterocycles. The van der Waals surface area contributed by atoms with Gasteiger partial charge in [0.25, 0.3) is 11.8 Å². The maximum atomic E-state index is 13.3. The zero-order chi connectivity index (χ0) is 39.4. The molecule has 3 aliphatic rings. The molecule has 3 heterocycles. The van der Waals surface area contributed by atoms with Crippen LogP contribution in [0.25, 0.3) is 11.3 Å². The highest BCUT2D eigenvalue weighted by atomic mass is 16.5. The molecule has 0 bridgehead atoms. The fourth-order valence-corrected chi connectivity index (χ4v) is 7.39. The van der Waals surface area contributed by atoms with Crippen LogP contribution in [0.5, 0.6) is 11.5 Å². The van der Waals surface area contributed by atoms with Crippen molar-refractivity contribution in [3.05, 3.63) is 88.9 Å². The number of hydrogen-bond acceptors (Lipinski definition) is 10. The van der Waals surface area contributed by atoms with E-state index in [2.05, 4.69) is 39.4 Å². The Morgan fingerprint density at radius 2 is 1.62 bits per heavy atom. The summed E-state index contributed by atoms with van der Waals surface area (Å²) in [6, 6.07) is 9.79. The minimum atomic E-state index is -0.972. The number of aryl methyl sites for hydroxylation is 1. The van der Waals surface area contributed by atoms with Gasteiger partial charge in [-0.1, -0.05) is 12.6 Å². The molecule has 55 heavy (non-hydrogen) atoms. The van der Waals surface area contributed by atoms with Crippen LogP contribution in [0.2, 0.25) is 0 Å². The van der Waals surface area contributed by atoms with Gasteiger partial charge < -0.3 is 34.9 Å². The molecular weight excluding hydrogens is 704 g/mol. The highest BCUT2D eigenvalue weighted by Crippen LogP contribution is 2.41. The lowest BCUT2D eigenvalue weighted by Gasteiger charge is -2.27. The number of methoxy groups -OCH3 is 2. The molecule has 3 N–H and O–H groups in total. The number of hydrogen-bond donors (Lipinski definition) is 3. The number of amides is 4. The van der Waals surface area contributed by atoms with Crippen LogP contribution in [0.15, 0.2) is 55.4 Å². The molecule has 0 saturated heterocycles. The number of carbonyl (C=O) groups is 6. The quantitative estimate of drug-likeness (QED) is 0.118. The number of nitrogens with one attached hydrogen (secondary N) is 3. The lowest BCUT2D eigenvalue weighted by atomic mass is 9.92. The van der Waals surface area contributed by atoms with E-state index in [1.807, 2.05) is 37.3 Å². The summed E-state index contributed by atoms with van der Waals surface area (Å²) in [5.41, 5.74) is 6.43. The number of ketones is 2. The fraction of sp³-hybridized carbons (Fsp3) is 0.366. The summed E-state index contributed by atoms with van der Waals surface area (Å²) in [5.74, 6) is -0.946. The molecule has 1 fully saturated rings. The van der Waals surface area contributed by atoms with Gasteiger partial charge in [-0.25, -0.2) is 0 Å². The minimum Gasteiger partial charge on any atom is -0.496 e. The molecule has 2 aromatic carbocycles. The van der Waals surface area contributed by atoms with E-state index in [0.717, 1.165) is 38.6 Å². The number of ether oxygens (including phenoxy) is 2. The Kier molecular flexibility index (Phi) is 11.5. The van der Waals surface area contributed by atoms with E-state index in [1.54, 1.807) is 26.4 Å². The predicted molar refractivity (Wildman–Crippen MR) is 205 cm³/mol. The van der Waals surface area contributed by atoms with Crippen LogP contribution in [-0.2, 0) is 32.6 Å². The first-order chi connectivity index (χ1) is 26.4. The molecule has 1 aliphatic carbocycles. The number of aromatic nitrogens is 1. The number of rotatable bonds is 15. The van der Waals surface area contributed by atoms with Crippen LogP contribution in [0, 0.1) is 0 Å². The second-order valence-corrected chi connectivity index (χ2v) is 13.9. The summed E-state index contributed by atoms with van der Waals surface area (Å²) >= 11 is 0. The summed E-state index contributed by atoms with van der Waals surface area (Å²) in [6.45, 7) is 4.76. The topological polar surface area (TPSA) is 168 Å². The number of fused-ring (bicyclic) bond motifs is 2. The van der Waals surface area contributed by atoms with E-state index in [1.165, 1.54) is 6.07 Å². The van der Waals surface area contributed by atoms with E-state index >= 15 is 0 Å². The zero-order valence-electron chi connectivity index (χ0n) is 31.6. The lowest BCUT2D eigenvalue weighted by Crippen LogP contribution is -2.47. The number of nitrogens with zero attached hydrogens (tertiary/aromatic N) is 3. The molecule has 1 saturated carbocycles. The second-order valence-electron chi connectivity index (χ2n) is 13.9. The Balaban J connectivity index is 0.938. The van der Waals surface area contributed by atoms with E-state index in [9.17, 15) is 28.8 Å². The van der Waals surface area contributed by atoms with Crippen LogP contribution in [0.1, 0.15) is 81.6 Å². The normalized spacial score (nSPS) is 16.5. The maximum Gasteiger partial charge on any atom is 0.264 e. The van der Waals surface area contributed by atoms with Crippen LogP contribution in [0.3, 0.4) is 0 Å². The molecule has 2 aliphatic heterocycles. The van der Waals surface area contributed by atoms with E-state index in [0.29, 0.717) is 56.0 Å². The molecule has 288 valence electrons. The molecule has 14 nitrogen and oxygen atoms in total. The van der Waals surface area contributed by atoms with Crippen molar-refractivity contribution in [2.24, 2.45) is 7.05 Å². The third-order valence-electron chi connectivity index (χ3n) is 10.3. The molecule has 1 unspecified atom stereocenters. The van der Waals surface area contributed by atoms with Crippen molar-refractivity contribution in [3.63, 3.8) is 0 Å². The molecule has 3 aromatic rings. The molecule has 1 atom stereocenters. The summed E-state index contributed by atoms with van der Waals surface area (Å²) in [7, 11) is 7.21. The zero-order valence-corrected chi connectivity index (χ0v) is 31.6. The summed E-state index contributed by atoms with van der Waals surface area (Å²) in [5, 5.41) is 8.61. The third-order valence-corrected chi connectivity index (χ3v) is 10.3. The molecule has 4 amide bonds. The highest BCUT2D eigenvalue weighted by Gasteiger charge is 2.45. The minimum absolute atomic E-state index is 0.102. The van der Waals surface area contributed by atoms with Gasteiger partial charge in [-0.05, 0) is 61.6 Å². The summed E-state index contributed by atoms with van der Waals surface area (Å²) < 4.78 is 13.7. The molecule has 6 rings (SSSR count). The van der Waals surface area contributed by atoms with Crippen molar-refractivity contribution in [2.75, 3.05) is 46.2 Å². The molecule has 0 radical (unpaired) electrons. The van der Waals surface area contributed by atoms with Gasteiger partial charge in [0.1, 0.15) is 17.3 Å². The van der Waals surface area contributed by atoms with Crippen molar-refractivity contribution >= 4 is 52.2 Å². The van der Waals surface area contributed by atoms with Gasteiger partial charge >= 0.3 is 0 Å². The molecule has 0 spiro atoms.